The monoisotopic (exact) mass is 596 g/mol. The second kappa shape index (κ2) is 11.2. The lowest BCUT2D eigenvalue weighted by atomic mass is 9.89. The third-order valence-corrected chi connectivity index (χ3v) is 8.39. The highest BCUT2D eigenvalue weighted by Crippen LogP contribution is 2.34. The SMILES string of the molecule is Cc1ccc(F)cc1C(=O)NC1(C)CCN(c2ccc(-c3cc(OCC4=CNCCO4)cn4nc5[nH]ncc5c34)cn2)CC1. The van der Waals surface area contributed by atoms with Crippen LogP contribution < -0.4 is 20.3 Å². The molecular formula is C32H33FN8O3. The average molecular weight is 597 g/mol. The number of aromatic amines is 1. The van der Waals surface area contributed by atoms with Crippen molar-refractivity contribution < 1.29 is 18.7 Å². The summed E-state index contributed by atoms with van der Waals surface area (Å²) in [7, 11) is 0. The number of pyridine rings is 2. The molecule has 11 nitrogen and oxygen atoms in total. The molecular weight excluding hydrogens is 563 g/mol. The summed E-state index contributed by atoms with van der Waals surface area (Å²) in [6, 6.07) is 10.4. The Morgan fingerprint density at radius 1 is 1.18 bits per heavy atom. The molecule has 4 aromatic heterocycles. The van der Waals surface area contributed by atoms with Gasteiger partial charge in [0.05, 0.1) is 23.3 Å². The molecule has 1 aromatic carbocycles. The Labute approximate surface area is 253 Å². The molecule has 0 unspecified atom stereocenters. The Morgan fingerprint density at radius 2 is 2.05 bits per heavy atom. The van der Waals surface area contributed by atoms with Crippen LogP contribution in [0.1, 0.15) is 35.7 Å². The number of rotatable bonds is 7. The van der Waals surface area contributed by atoms with Crippen molar-refractivity contribution in [2.75, 3.05) is 37.7 Å². The molecule has 6 heterocycles. The summed E-state index contributed by atoms with van der Waals surface area (Å²) in [5, 5.41) is 19.0. The quantitative estimate of drug-likeness (QED) is 0.254. The van der Waals surface area contributed by atoms with Crippen molar-refractivity contribution in [3.63, 3.8) is 0 Å². The van der Waals surface area contributed by atoms with Gasteiger partial charge in [-0.05, 0) is 62.6 Å². The van der Waals surface area contributed by atoms with Crippen LogP contribution in [0.5, 0.6) is 5.75 Å². The number of aryl methyl sites for hydroxylation is 1. The molecule has 0 aliphatic carbocycles. The number of nitrogens with one attached hydrogen (secondary N) is 3. The maximum absolute atomic E-state index is 13.8. The summed E-state index contributed by atoms with van der Waals surface area (Å²) >= 11 is 0. The van der Waals surface area contributed by atoms with E-state index in [-0.39, 0.29) is 5.91 Å². The van der Waals surface area contributed by atoms with E-state index >= 15 is 0 Å². The minimum atomic E-state index is -0.415. The maximum atomic E-state index is 13.8. The van der Waals surface area contributed by atoms with Gasteiger partial charge in [0, 0.05) is 54.3 Å². The van der Waals surface area contributed by atoms with Crippen LogP contribution >= 0.6 is 0 Å². The molecule has 0 bridgehead atoms. The molecule has 1 saturated heterocycles. The van der Waals surface area contributed by atoms with Gasteiger partial charge in [-0.25, -0.2) is 13.9 Å². The maximum Gasteiger partial charge on any atom is 0.252 e. The minimum absolute atomic E-state index is 0.246. The zero-order valence-corrected chi connectivity index (χ0v) is 24.6. The molecule has 2 aliphatic rings. The number of carbonyl (C=O) groups excluding carboxylic acids is 1. The lowest BCUT2D eigenvalue weighted by Gasteiger charge is -2.40. The molecule has 0 atom stereocenters. The first-order valence-electron chi connectivity index (χ1n) is 14.7. The molecule has 3 N–H and O–H groups in total. The van der Waals surface area contributed by atoms with E-state index in [9.17, 15) is 9.18 Å². The second-order valence-electron chi connectivity index (χ2n) is 11.6. The minimum Gasteiger partial charge on any atom is -0.491 e. The van der Waals surface area contributed by atoms with Crippen LogP contribution in [0.2, 0.25) is 0 Å². The number of halogens is 1. The van der Waals surface area contributed by atoms with Crippen LogP contribution in [-0.4, -0.2) is 69.1 Å². The number of anilines is 1. The molecule has 1 amide bonds. The smallest absolute Gasteiger partial charge is 0.252 e. The number of hydrogen-bond acceptors (Lipinski definition) is 8. The number of fused-ring (bicyclic) bond motifs is 3. The van der Waals surface area contributed by atoms with Crippen LogP contribution in [0.15, 0.2) is 66.9 Å². The number of hydrogen-bond donors (Lipinski definition) is 3. The van der Waals surface area contributed by atoms with Crippen LogP contribution in [0.3, 0.4) is 0 Å². The van der Waals surface area contributed by atoms with E-state index in [1.165, 1.54) is 12.1 Å². The number of benzene rings is 1. The zero-order valence-electron chi connectivity index (χ0n) is 24.6. The highest BCUT2D eigenvalue weighted by atomic mass is 19.1. The lowest BCUT2D eigenvalue weighted by molar-refractivity contribution is 0.0890. The molecule has 0 spiro atoms. The van der Waals surface area contributed by atoms with Crippen molar-refractivity contribution >= 4 is 28.3 Å². The summed E-state index contributed by atoms with van der Waals surface area (Å²) in [6.07, 6.45) is 8.80. The number of carbonyl (C=O) groups is 1. The van der Waals surface area contributed by atoms with Crippen LogP contribution in [0.25, 0.3) is 27.7 Å². The van der Waals surface area contributed by atoms with Crippen molar-refractivity contribution in [1.29, 1.82) is 0 Å². The van der Waals surface area contributed by atoms with E-state index in [0.29, 0.717) is 30.2 Å². The molecule has 226 valence electrons. The first-order valence-corrected chi connectivity index (χ1v) is 14.7. The Balaban J connectivity index is 1.08. The van der Waals surface area contributed by atoms with Gasteiger partial charge >= 0.3 is 0 Å². The first kappa shape index (κ1) is 27.7. The van der Waals surface area contributed by atoms with E-state index < -0.39 is 11.4 Å². The Bertz CT molecular complexity index is 1870. The van der Waals surface area contributed by atoms with E-state index in [1.807, 2.05) is 44.6 Å². The molecule has 2 aliphatic heterocycles. The number of piperidine rings is 1. The van der Waals surface area contributed by atoms with Gasteiger partial charge in [0.25, 0.3) is 5.91 Å². The fraction of sp³-hybridized carbons (Fsp3) is 0.312. The Morgan fingerprint density at radius 3 is 2.82 bits per heavy atom. The van der Waals surface area contributed by atoms with E-state index in [0.717, 1.165) is 71.6 Å². The zero-order chi connectivity index (χ0) is 30.3. The molecule has 1 fully saturated rings. The summed E-state index contributed by atoms with van der Waals surface area (Å²) < 4.78 is 27.3. The summed E-state index contributed by atoms with van der Waals surface area (Å²) in [5.74, 6) is 1.59. The average Bonchev–Trinajstić information content (AvgIpc) is 3.63. The fourth-order valence-corrected chi connectivity index (χ4v) is 5.81. The van der Waals surface area contributed by atoms with Crippen molar-refractivity contribution in [3.05, 3.63) is 83.9 Å². The largest absolute Gasteiger partial charge is 0.491 e. The van der Waals surface area contributed by atoms with E-state index in [1.54, 1.807) is 16.8 Å². The van der Waals surface area contributed by atoms with Crippen molar-refractivity contribution in [2.45, 2.75) is 32.2 Å². The van der Waals surface area contributed by atoms with Crippen molar-refractivity contribution in [1.82, 2.24) is 35.4 Å². The Hall–Kier alpha value is -5.13. The van der Waals surface area contributed by atoms with Gasteiger partial charge in [-0.15, -0.1) is 5.10 Å². The Kier molecular flexibility index (Phi) is 7.03. The lowest BCUT2D eigenvalue weighted by Crippen LogP contribution is -2.53. The standard InChI is InChI=1S/C32H33FN8O3/c1-20-3-5-22(33)13-25(20)31(42)37-32(2)7-10-40(11-8-32)28-6-4-21(15-35-28)26-14-23(44-19-24-16-34-9-12-43-24)18-41-29(26)27-17-36-38-30(27)39-41/h3-6,13-18,34H,7-12,19H2,1-2H3,(H,37,42)(H,38,39). The van der Waals surface area contributed by atoms with E-state index in [2.05, 4.69) is 36.9 Å². The van der Waals surface area contributed by atoms with Crippen LogP contribution in [0.4, 0.5) is 10.2 Å². The molecule has 0 radical (unpaired) electrons. The number of H-pyrrole nitrogens is 1. The second-order valence-corrected chi connectivity index (χ2v) is 11.6. The number of ether oxygens (including phenoxy) is 2. The molecule has 12 heteroatoms. The highest BCUT2D eigenvalue weighted by Gasteiger charge is 2.32. The van der Waals surface area contributed by atoms with Crippen molar-refractivity contribution in [2.24, 2.45) is 0 Å². The van der Waals surface area contributed by atoms with Gasteiger partial charge in [0.2, 0.25) is 0 Å². The molecule has 5 aromatic rings. The normalized spacial score (nSPS) is 16.3. The van der Waals surface area contributed by atoms with Gasteiger partial charge in [0.1, 0.15) is 36.4 Å². The van der Waals surface area contributed by atoms with Gasteiger partial charge in [0.15, 0.2) is 5.65 Å². The third kappa shape index (κ3) is 5.38. The first-order chi connectivity index (χ1) is 21.3. The van der Waals surface area contributed by atoms with Gasteiger partial charge in [-0.1, -0.05) is 6.07 Å². The number of amides is 1. The van der Waals surface area contributed by atoms with Crippen molar-refractivity contribution in [3.8, 4) is 16.9 Å². The molecule has 7 rings (SSSR count). The molecule has 0 saturated carbocycles. The fourth-order valence-electron chi connectivity index (χ4n) is 5.81. The van der Waals surface area contributed by atoms with E-state index in [4.69, 9.17) is 14.5 Å². The predicted octanol–water partition coefficient (Wildman–Crippen LogP) is 4.35. The summed E-state index contributed by atoms with van der Waals surface area (Å²) in [4.78, 5) is 20.0. The number of nitrogens with zero attached hydrogens (tertiary/aromatic N) is 5. The van der Waals surface area contributed by atoms with Crippen LogP contribution in [-0.2, 0) is 4.74 Å². The third-order valence-electron chi connectivity index (χ3n) is 8.39. The van der Waals surface area contributed by atoms with Gasteiger partial charge in [-0.2, -0.15) is 5.10 Å². The van der Waals surface area contributed by atoms with Gasteiger partial charge < -0.3 is 25.0 Å². The predicted molar refractivity (Wildman–Crippen MR) is 164 cm³/mol. The number of aromatic nitrogens is 5. The van der Waals surface area contributed by atoms with Gasteiger partial charge in [-0.3, -0.25) is 9.89 Å². The highest BCUT2D eigenvalue weighted by molar-refractivity contribution is 6.01. The molecule has 44 heavy (non-hydrogen) atoms. The summed E-state index contributed by atoms with van der Waals surface area (Å²) in [5.41, 5.74) is 4.16. The summed E-state index contributed by atoms with van der Waals surface area (Å²) in [6.45, 7) is 6.99. The topological polar surface area (TPSA) is 122 Å². The van der Waals surface area contributed by atoms with Crippen LogP contribution in [0, 0.1) is 12.7 Å².